The number of carboxylic acids is 1. The molecule has 2 heterocycles. The van der Waals surface area contributed by atoms with E-state index in [1.807, 2.05) is 13.8 Å². The highest BCUT2D eigenvalue weighted by molar-refractivity contribution is 6.31. The van der Waals surface area contributed by atoms with Crippen molar-refractivity contribution in [1.82, 2.24) is 4.98 Å². The maximum Gasteiger partial charge on any atom is 0.335 e. The number of hydrogen-bond donors (Lipinski definition) is 1. The number of carboxylic acid groups (broad SMARTS) is 1. The molecule has 1 aliphatic heterocycles. The van der Waals surface area contributed by atoms with Crippen LogP contribution in [0.5, 0.6) is 0 Å². The summed E-state index contributed by atoms with van der Waals surface area (Å²) in [5.41, 5.74) is 1.52. The van der Waals surface area contributed by atoms with E-state index in [0.29, 0.717) is 29.5 Å². The summed E-state index contributed by atoms with van der Waals surface area (Å²) >= 11 is 6.24. The molecule has 1 aliphatic rings. The van der Waals surface area contributed by atoms with Gasteiger partial charge in [0.1, 0.15) is 5.82 Å². The fourth-order valence-electron chi connectivity index (χ4n) is 3.09. The Morgan fingerprint density at radius 2 is 2.16 bits per heavy atom. The van der Waals surface area contributed by atoms with Gasteiger partial charge in [-0.15, -0.1) is 0 Å². The van der Waals surface area contributed by atoms with Crippen molar-refractivity contribution in [3.05, 3.63) is 52.7 Å². The minimum Gasteiger partial charge on any atom is -0.478 e. The molecular formula is C18H18ClN3O3. The van der Waals surface area contributed by atoms with E-state index < -0.39 is 5.97 Å². The van der Waals surface area contributed by atoms with Gasteiger partial charge in [0.15, 0.2) is 0 Å². The third-order valence-electron chi connectivity index (χ3n) is 4.28. The average molecular weight is 360 g/mol. The first kappa shape index (κ1) is 17.2. The maximum absolute atomic E-state index is 13.0. The van der Waals surface area contributed by atoms with Crippen LogP contribution in [0.25, 0.3) is 0 Å². The Morgan fingerprint density at radius 1 is 1.40 bits per heavy atom. The van der Waals surface area contributed by atoms with E-state index >= 15 is 0 Å². The first-order valence-corrected chi connectivity index (χ1v) is 8.39. The van der Waals surface area contributed by atoms with Gasteiger partial charge < -0.3 is 5.11 Å². The second-order valence-corrected chi connectivity index (χ2v) is 6.32. The summed E-state index contributed by atoms with van der Waals surface area (Å²) in [5.74, 6) is -0.466. The summed E-state index contributed by atoms with van der Waals surface area (Å²) in [6.07, 6.45) is 2.25. The smallest absolute Gasteiger partial charge is 0.335 e. The summed E-state index contributed by atoms with van der Waals surface area (Å²) in [6.45, 7) is 4.34. The number of hydrogen-bond acceptors (Lipinski definition) is 3. The molecule has 130 valence electrons. The molecule has 1 saturated heterocycles. The molecule has 3 rings (SSSR count). The fraction of sp³-hybridized carbons (Fsp3) is 0.278. The topological polar surface area (TPSA) is 73.7 Å². The number of aromatic nitrogens is 1. The van der Waals surface area contributed by atoms with E-state index in [-0.39, 0.29) is 17.6 Å². The van der Waals surface area contributed by atoms with Crippen LogP contribution in [-0.4, -0.2) is 34.7 Å². The van der Waals surface area contributed by atoms with Gasteiger partial charge in [-0.05, 0) is 37.6 Å². The van der Waals surface area contributed by atoms with Crippen molar-refractivity contribution in [1.29, 1.82) is 0 Å². The molecule has 2 amide bonds. The summed E-state index contributed by atoms with van der Waals surface area (Å²) in [5, 5.41) is 9.76. The van der Waals surface area contributed by atoms with Gasteiger partial charge in [-0.3, -0.25) is 9.80 Å². The van der Waals surface area contributed by atoms with Crippen molar-refractivity contribution in [2.45, 2.75) is 26.3 Å². The summed E-state index contributed by atoms with van der Waals surface area (Å²) < 4.78 is 0. The van der Waals surface area contributed by atoms with E-state index in [1.165, 1.54) is 12.1 Å². The van der Waals surface area contributed by atoms with Crippen molar-refractivity contribution in [3.8, 4) is 0 Å². The number of carbonyl (C=O) groups is 2. The van der Waals surface area contributed by atoms with Gasteiger partial charge in [0.05, 0.1) is 11.6 Å². The van der Waals surface area contributed by atoms with Gasteiger partial charge in [0.2, 0.25) is 0 Å². The lowest BCUT2D eigenvalue weighted by atomic mass is 10.1. The van der Waals surface area contributed by atoms with Gasteiger partial charge in [0.25, 0.3) is 0 Å². The number of nitrogens with zero attached hydrogens (tertiary/aromatic N) is 3. The number of rotatable bonds is 4. The van der Waals surface area contributed by atoms with Gasteiger partial charge >= 0.3 is 12.0 Å². The molecule has 0 spiro atoms. The molecule has 0 radical (unpaired) electrons. The van der Waals surface area contributed by atoms with E-state index in [0.717, 1.165) is 5.56 Å². The number of benzene rings is 1. The predicted molar refractivity (Wildman–Crippen MR) is 96.7 cm³/mol. The number of anilines is 2. The van der Waals surface area contributed by atoms with Crippen LogP contribution in [0.15, 0.2) is 36.5 Å². The van der Waals surface area contributed by atoms with Crippen LogP contribution >= 0.6 is 11.6 Å². The van der Waals surface area contributed by atoms with Crippen LogP contribution in [0.4, 0.5) is 16.3 Å². The van der Waals surface area contributed by atoms with Crippen molar-refractivity contribution >= 4 is 35.1 Å². The number of aromatic carboxylic acids is 1. The normalized spacial score (nSPS) is 17.2. The molecule has 1 atom stereocenters. The van der Waals surface area contributed by atoms with E-state index in [9.17, 15) is 14.7 Å². The number of pyridine rings is 1. The zero-order valence-corrected chi connectivity index (χ0v) is 14.7. The number of urea groups is 1. The van der Waals surface area contributed by atoms with Crippen molar-refractivity contribution < 1.29 is 14.7 Å². The van der Waals surface area contributed by atoms with Crippen LogP contribution in [0, 0.1) is 0 Å². The van der Waals surface area contributed by atoms with Gasteiger partial charge in [-0.25, -0.2) is 14.6 Å². The molecule has 0 bridgehead atoms. The zero-order valence-electron chi connectivity index (χ0n) is 13.9. The van der Waals surface area contributed by atoms with Gasteiger partial charge in [0, 0.05) is 29.0 Å². The highest BCUT2D eigenvalue weighted by atomic mass is 35.5. The molecular weight excluding hydrogens is 342 g/mol. The molecule has 7 heteroatoms. The minimum atomic E-state index is -1.03. The SMILES string of the molecule is CCc1c(Cl)ccnc1N1CC(C)N(c2cccc(C(=O)O)c2)C1=O. The Balaban J connectivity index is 1.99. The highest BCUT2D eigenvalue weighted by Gasteiger charge is 2.38. The quantitative estimate of drug-likeness (QED) is 0.900. The molecule has 0 aliphatic carbocycles. The largest absolute Gasteiger partial charge is 0.478 e. The zero-order chi connectivity index (χ0) is 18.1. The van der Waals surface area contributed by atoms with Crippen molar-refractivity contribution in [3.63, 3.8) is 0 Å². The Labute approximate surface area is 150 Å². The van der Waals surface area contributed by atoms with Crippen LogP contribution in [-0.2, 0) is 6.42 Å². The van der Waals surface area contributed by atoms with Crippen LogP contribution in [0.2, 0.25) is 5.02 Å². The third kappa shape index (κ3) is 3.05. The second kappa shape index (κ2) is 6.72. The Morgan fingerprint density at radius 3 is 2.84 bits per heavy atom. The average Bonchev–Trinajstić information content (AvgIpc) is 2.89. The molecule has 0 saturated carbocycles. The summed E-state index contributed by atoms with van der Waals surface area (Å²) in [6, 6.07) is 7.73. The second-order valence-electron chi connectivity index (χ2n) is 5.92. The first-order valence-electron chi connectivity index (χ1n) is 8.01. The lowest BCUT2D eigenvalue weighted by molar-refractivity contribution is 0.0697. The molecule has 1 aromatic carbocycles. The van der Waals surface area contributed by atoms with Crippen LogP contribution in [0.3, 0.4) is 0 Å². The first-order chi connectivity index (χ1) is 11.9. The van der Waals surface area contributed by atoms with Gasteiger partial charge in [-0.1, -0.05) is 24.6 Å². The van der Waals surface area contributed by atoms with Gasteiger partial charge in [-0.2, -0.15) is 0 Å². The number of carbonyl (C=O) groups excluding carboxylic acids is 1. The molecule has 1 fully saturated rings. The monoisotopic (exact) mass is 359 g/mol. The number of halogens is 1. The Hall–Kier alpha value is -2.60. The lowest BCUT2D eigenvalue weighted by Gasteiger charge is -2.21. The molecule has 2 aromatic rings. The lowest BCUT2D eigenvalue weighted by Crippen LogP contribution is -2.34. The third-order valence-corrected chi connectivity index (χ3v) is 4.64. The Kier molecular flexibility index (Phi) is 4.63. The maximum atomic E-state index is 13.0. The molecule has 25 heavy (non-hydrogen) atoms. The van der Waals surface area contributed by atoms with E-state index in [1.54, 1.807) is 34.2 Å². The predicted octanol–water partition coefficient (Wildman–Crippen LogP) is 3.83. The Bertz CT molecular complexity index is 840. The number of amides is 2. The molecule has 1 unspecified atom stereocenters. The van der Waals surface area contributed by atoms with E-state index in [2.05, 4.69) is 4.98 Å². The van der Waals surface area contributed by atoms with Crippen LogP contribution in [0.1, 0.15) is 29.8 Å². The summed E-state index contributed by atoms with van der Waals surface area (Å²) in [4.78, 5) is 31.7. The molecule has 6 nitrogen and oxygen atoms in total. The highest BCUT2D eigenvalue weighted by Crippen LogP contribution is 2.32. The standard InChI is InChI=1S/C18H18ClN3O3/c1-3-14-15(19)7-8-20-16(14)21-10-11(2)22(18(21)25)13-6-4-5-12(9-13)17(23)24/h4-9,11H,3,10H2,1-2H3,(H,23,24). The molecule has 1 N–H and O–H groups in total. The van der Waals surface area contributed by atoms with Crippen molar-refractivity contribution in [2.75, 3.05) is 16.3 Å². The summed E-state index contributed by atoms with van der Waals surface area (Å²) in [7, 11) is 0. The van der Waals surface area contributed by atoms with E-state index in [4.69, 9.17) is 11.6 Å². The minimum absolute atomic E-state index is 0.123. The fourth-order valence-corrected chi connectivity index (χ4v) is 3.37. The van der Waals surface area contributed by atoms with Crippen molar-refractivity contribution in [2.24, 2.45) is 0 Å². The molecule has 1 aromatic heterocycles. The van der Waals surface area contributed by atoms with Crippen LogP contribution < -0.4 is 9.80 Å².